The number of benzene rings is 1. The van der Waals surface area contributed by atoms with Crippen molar-refractivity contribution >= 4 is 39.7 Å². The molecule has 1 aromatic carbocycles. The van der Waals surface area contributed by atoms with Crippen LogP contribution in [0.5, 0.6) is 0 Å². The van der Waals surface area contributed by atoms with Gasteiger partial charge >= 0.3 is 6.26 Å². The molecule has 1 nitrogen and oxygen atoms in total. The molecule has 1 aromatic rings. The zero-order valence-corrected chi connectivity index (χ0v) is 16.0. The smallest absolute Gasteiger partial charge is 0.357 e. The Kier molecular flexibility index (Phi) is 5.59. The van der Waals surface area contributed by atoms with Gasteiger partial charge in [-0.25, -0.2) is 22.0 Å². The van der Waals surface area contributed by atoms with E-state index in [1.807, 2.05) is 39.3 Å². The molecule has 0 aliphatic carbocycles. The van der Waals surface area contributed by atoms with Crippen LogP contribution in [0.25, 0.3) is 0 Å². The molecule has 0 aliphatic rings. The van der Waals surface area contributed by atoms with Crippen LogP contribution in [0.15, 0.2) is 0 Å². The summed E-state index contributed by atoms with van der Waals surface area (Å²) in [5.74, 6) is -9.83. The lowest BCUT2D eigenvalue weighted by molar-refractivity contribution is 0.383. The molecule has 0 N–H and O–H groups in total. The lowest BCUT2D eigenvalue weighted by atomic mass is 9.81. The molecule has 1 rings (SSSR count). The summed E-state index contributed by atoms with van der Waals surface area (Å²) in [5, 5.41) is 0. The quantitative estimate of drug-likeness (QED) is 0.329. The molecule has 0 unspecified atom stereocenters. The first kappa shape index (κ1) is 19.7. The highest BCUT2D eigenvalue weighted by Gasteiger charge is 2.45. The molecule has 0 heterocycles. The Labute approximate surface area is 134 Å². The molecule has 22 heavy (non-hydrogen) atoms. The Morgan fingerprint density at radius 3 is 1.23 bits per heavy atom. The van der Waals surface area contributed by atoms with Crippen LogP contribution in [0.2, 0.25) is 39.3 Å². The van der Waals surface area contributed by atoms with Crippen molar-refractivity contribution < 1.29 is 22.0 Å². The maximum atomic E-state index is 14.0. The first-order valence-corrected chi connectivity index (χ1v) is 14.0. The molecule has 0 bridgehead atoms. The van der Waals surface area contributed by atoms with Crippen LogP contribution in [-0.4, -0.2) is 26.9 Å². The van der Waals surface area contributed by atoms with Crippen LogP contribution >= 0.6 is 11.5 Å². The van der Waals surface area contributed by atoms with Crippen molar-refractivity contribution in [3.05, 3.63) is 29.1 Å². The first-order chi connectivity index (χ1) is 9.71. The predicted molar refractivity (Wildman–Crippen MR) is 86.0 cm³/mol. The average Bonchev–Trinajstić information content (AvgIpc) is 2.30. The fourth-order valence-corrected chi connectivity index (χ4v) is 14.3. The van der Waals surface area contributed by atoms with Gasteiger partial charge in [0, 0.05) is 5.46 Å². The highest BCUT2D eigenvalue weighted by atomic mass is 35.5. The fraction of sp³-hybridized carbons (Fsp3) is 0.500. The van der Waals surface area contributed by atoms with Gasteiger partial charge in [-0.05, 0) is 0 Å². The summed E-state index contributed by atoms with van der Waals surface area (Å²) in [4.78, 5) is 0. The van der Waals surface area contributed by atoms with E-state index >= 15 is 0 Å². The van der Waals surface area contributed by atoms with Crippen molar-refractivity contribution in [1.82, 2.24) is 4.14 Å². The Hall–Kier alpha value is -0.381. The highest BCUT2D eigenvalue weighted by molar-refractivity contribution is 7.21. The third-order valence-corrected chi connectivity index (χ3v) is 11.3. The van der Waals surface area contributed by atoms with Gasteiger partial charge in [0.2, 0.25) is 0 Å². The van der Waals surface area contributed by atoms with Gasteiger partial charge < -0.3 is 4.14 Å². The molecular weight excluding hydrogens is 356 g/mol. The minimum absolute atomic E-state index is 0.970. The summed E-state index contributed by atoms with van der Waals surface area (Å²) >= 11 is 6.21. The van der Waals surface area contributed by atoms with E-state index in [9.17, 15) is 22.0 Å². The van der Waals surface area contributed by atoms with Crippen LogP contribution in [0.4, 0.5) is 22.0 Å². The van der Waals surface area contributed by atoms with Crippen molar-refractivity contribution in [2.45, 2.75) is 39.3 Å². The van der Waals surface area contributed by atoms with Crippen LogP contribution in [0.1, 0.15) is 0 Å². The molecule has 0 aliphatic heterocycles. The van der Waals surface area contributed by atoms with Gasteiger partial charge in [0.05, 0.1) is 0 Å². The van der Waals surface area contributed by atoms with Gasteiger partial charge in [-0.15, -0.1) is 0 Å². The van der Waals surface area contributed by atoms with Crippen molar-refractivity contribution in [2.75, 3.05) is 0 Å². The second kappa shape index (κ2) is 6.26. The van der Waals surface area contributed by atoms with E-state index in [0.29, 0.717) is 0 Å². The lowest BCUT2D eigenvalue weighted by Crippen LogP contribution is -2.67. The Balaban J connectivity index is 3.61. The Bertz CT molecular complexity index is 545. The molecule has 0 saturated carbocycles. The second-order valence-electron chi connectivity index (χ2n) is 7.03. The number of nitrogens with zero attached hydrogens (tertiary/aromatic N) is 1. The molecule has 0 saturated heterocycles. The maximum absolute atomic E-state index is 14.0. The van der Waals surface area contributed by atoms with Crippen LogP contribution in [-0.2, 0) is 0 Å². The van der Waals surface area contributed by atoms with E-state index in [4.69, 9.17) is 11.5 Å². The van der Waals surface area contributed by atoms with Gasteiger partial charge in [0.25, 0.3) is 0 Å². The van der Waals surface area contributed by atoms with Gasteiger partial charge in [-0.2, -0.15) is 11.5 Å². The summed E-state index contributed by atoms with van der Waals surface area (Å²) < 4.78 is 69.7. The van der Waals surface area contributed by atoms with Crippen LogP contribution in [0, 0.1) is 29.1 Å². The highest BCUT2D eigenvalue weighted by Crippen LogP contribution is 2.25. The Morgan fingerprint density at radius 2 is 0.955 bits per heavy atom. The largest absolute Gasteiger partial charge is 0.370 e. The molecule has 0 fully saturated rings. The molecule has 0 radical (unpaired) electrons. The van der Waals surface area contributed by atoms with Crippen molar-refractivity contribution in [2.24, 2.45) is 0 Å². The van der Waals surface area contributed by atoms with E-state index in [1.165, 1.54) is 0 Å². The SMILES string of the molecule is C[Si](C)(C)N(B(Cl)c1c(F)c(F)c(F)c(F)c1F)[Si](C)(C)C. The fourth-order valence-electron chi connectivity index (χ4n) is 2.65. The zero-order chi connectivity index (χ0) is 17.6. The number of halogens is 6. The number of hydrogen-bond acceptors (Lipinski definition) is 1. The third-order valence-electron chi connectivity index (χ3n) is 3.15. The molecule has 10 heteroatoms. The summed E-state index contributed by atoms with van der Waals surface area (Å²) in [5.41, 5.74) is -0.970. The topological polar surface area (TPSA) is 3.24 Å². The van der Waals surface area contributed by atoms with Gasteiger partial charge in [-0.3, -0.25) is 0 Å². The van der Waals surface area contributed by atoms with E-state index in [2.05, 4.69) is 0 Å². The standard InChI is InChI=1S/C12H18BClF5NSi2/c1-21(2,3)20(22(4,5)6)13(14)7-8(15)10(17)12(19)11(18)9(7)16/h1-6H3. The average molecular weight is 374 g/mol. The lowest BCUT2D eigenvalue weighted by Gasteiger charge is -2.45. The molecular formula is C12H18BClF5NSi2. The minimum atomic E-state index is -2.17. The normalized spacial score (nSPS) is 13.0. The van der Waals surface area contributed by atoms with Gasteiger partial charge in [0.15, 0.2) is 29.1 Å². The minimum Gasteiger partial charge on any atom is -0.370 e. The van der Waals surface area contributed by atoms with Crippen LogP contribution in [0.3, 0.4) is 0 Å². The first-order valence-electron chi connectivity index (χ1n) is 6.66. The summed E-state index contributed by atoms with van der Waals surface area (Å²) in [6.45, 7) is 11.5. The van der Waals surface area contributed by atoms with Crippen LogP contribution < -0.4 is 5.46 Å². The molecule has 0 atom stereocenters. The summed E-state index contributed by atoms with van der Waals surface area (Å²) in [6.07, 6.45) is -1.40. The van der Waals surface area contributed by atoms with E-state index in [0.717, 1.165) is 0 Å². The summed E-state index contributed by atoms with van der Waals surface area (Å²) in [6, 6.07) is 0. The predicted octanol–water partition coefficient (Wildman–Crippen LogP) is 4.29. The monoisotopic (exact) mass is 373 g/mol. The van der Waals surface area contributed by atoms with Gasteiger partial charge in [0.1, 0.15) is 16.5 Å². The molecule has 124 valence electrons. The summed E-state index contributed by atoms with van der Waals surface area (Å²) in [7, 11) is -4.34. The second-order valence-corrected chi connectivity index (χ2v) is 17.5. The molecule has 0 spiro atoms. The molecule has 0 amide bonds. The molecule has 0 aromatic heterocycles. The van der Waals surface area contributed by atoms with Crippen molar-refractivity contribution in [3.8, 4) is 0 Å². The third kappa shape index (κ3) is 3.57. The van der Waals surface area contributed by atoms with E-state index in [-0.39, 0.29) is 0 Å². The maximum Gasteiger partial charge on any atom is 0.357 e. The van der Waals surface area contributed by atoms with E-state index in [1.54, 1.807) is 4.14 Å². The van der Waals surface area contributed by atoms with E-state index < -0.39 is 57.3 Å². The zero-order valence-electron chi connectivity index (χ0n) is 13.3. The van der Waals surface area contributed by atoms with Crippen molar-refractivity contribution in [1.29, 1.82) is 0 Å². The number of hydrogen-bond donors (Lipinski definition) is 0. The van der Waals surface area contributed by atoms with Crippen molar-refractivity contribution in [3.63, 3.8) is 0 Å². The number of rotatable bonds is 4. The Morgan fingerprint density at radius 1 is 0.682 bits per heavy atom. The van der Waals surface area contributed by atoms with Gasteiger partial charge in [-0.1, -0.05) is 39.3 Å².